The molecular weight excluding hydrogens is 831 g/mol. The van der Waals surface area contributed by atoms with Crippen LogP contribution >= 0.6 is 0 Å². The van der Waals surface area contributed by atoms with Crippen molar-refractivity contribution in [3.8, 4) is 33.4 Å². The van der Waals surface area contributed by atoms with Crippen LogP contribution < -0.4 is 52.8 Å². The third-order valence-electron chi connectivity index (χ3n) is 13.3. The van der Waals surface area contributed by atoms with Crippen LogP contribution in [0.2, 0.25) is 5.04 Å². The van der Waals surface area contributed by atoms with E-state index < -0.39 is 8.07 Å². The molecule has 0 N–H and O–H groups in total. The molecule has 1 unspecified atom stereocenters. The van der Waals surface area contributed by atoms with Crippen molar-refractivity contribution in [2.24, 2.45) is 0 Å². The minimum absolute atomic E-state index is 0. The van der Waals surface area contributed by atoms with Gasteiger partial charge in [-0.15, -0.1) is 0 Å². The molecule has 1 atom stereocenters. The Balaban J connectivity index is 0.00000256. The molecule has 59 heavy (non-hydrogen) atoms. The summed E-state index contributed by atoms with van der Waals surface area (Å²) in [6, 6.07) is 43.3. The molecule has 0 aliphatic heterocycles. The van der Waals surface area contributed by atoms with E-state index in [4.69, 9.17) is 0 Å². The summed E-state index contributed by atoms with van der Waals surface area (Å²) in [6.45, 7) is 30.1. The van der Waals surface area contributed by atoms with Crippen molar-refractivity contribution in [2.75, 3.05) is 0 Å². The third-order valence-corrected chi connectivity index (χ3v) is 20.7. The van der Waals surface area contributed by atoms with Gasteiger partial charge in [-0.3, -0.25) is 0 Å². The first kappa shape index (κ1) is 48.3. The van der Waals surface area contributed by atoms with Gasteiger partial charge in [-0.25, -0.2) is 0 Å². The van der Waals surface area contributed by atoms with E-state index in [-0.39, 0.29) is 42.3 Å². The zero-order valence-corrected chi connectivity index (χ0v) is 41.9. The van der Waals surface area contributed by atoms with Crippen LogP contribution in [0.15, 0.2) is 130 Å². The van der Waals surface area contributed by atoms with Crippen LogP contribution in [0.25, 0.3) is 33.4 Å². The molecule has 5 heteroatoms. The molecule has 0 amide bonds. The Morgan fingerprint density at radius 1 is 0.390 bits per heavy atom. The Labute approximate surface area is 386 Å². The Morgan fingerprint density at radius 3 is 0.898 bits per heavy atom. The van der Waals surface area contributed by atoms with Crippen molar-refractivity contribution in [1.82, 2.24) is 0 Å². The summed E-state index contributed by atoms with van der Waals surface area (Å²) in [6.07, 6.45) is 0. The predicted molar refractivity (Wildman–Crippen MR) is 242 cm³/mol. The van der Waals surface area contributed by atoms with Gasteiger partial charge in [0.05, 0.1) is 0 Å². The van der Waals surface area contributed by atoms with Gasteiger partial charge < -0.3 is 37.2 Å². The van der Waals surface area contributed by atoms with E-state index in [0.717, 1.165) is 0 Å². The van der Waals surface area contributed by atoms with Crippen LogP contribution in [0.5, 0.6) is 0 Å². The maximum Gasteiger partial charge on any atom is -1.00 e. The summed E-state index contributed by atoms with van der Waals surface area (Å²) >= 11 is 2.44. The fraction of sp³-hybridized carbons (Fsp3) is 0.259. The standard InChI is InChI=1S/C54H57Si.3ClH.Ti/c1-33-23-36(4)51(37(5)24-33)45-17-14-20-48(29-45)55(54(13)32-42(10)43(11)44(54)12,49-21-15-18-46(30-49)52-38(6)25-34(2)26-39(52)7)50-22-16-19-47(31-50)53-40(8)27-35(3)28-41(53)9;;;;/h14-31H,1-13H3;3*1H;/q;;;;+3/p-3. The summed E-state index contributed by atoms with van der Waals surface area (Å²) in [5.74, 6) is 0. The van der Waals surface area contributed by atoms with E-state index in [0.29, 0.717) is 0 Å². The topological polar surface area (TPSA) is 0 Å². The predicted octanol–water partition coefficient (Wildman–Crippen LogP) is 3.88. The second-order valence-corrected chi connectivity index (χ2v) is 22.2. The first-order valence-corrected chi connectivity index (χ1v) is 23.0. The molecular formula is C54H57Cl3SiTi. The minimum atomic E-state index is -3.07. The van der Waals surface area contributed by atoms with Gasteiger partial charge in [0, 0.05) is 0 Å². The van der Waals surface area contributed by atoms with Gasteiger partial charge in [0.1, 0.15) is 0 Å². The average molecular weight is 888 g/mol. The third kappa shape index (κ3) is 7.98. The molecule has 0 fully saturated rings. The Kier molecular flexibility index (Phi) is 15.0. The van der Waals surface area contributed by atoms with E-state index in [1.54, 1.807) is 0 Å². The van der Waals surface area contributed by atoms with Crippen LogP contribution in [0.4, 0.5) is 0 Å². The second-order valence-electron chi connectivity index (χ2n) is 17.2. The normalized spacial score (nSPS) is 15.2. The van der Waals surface area contributed by atoms with Crippen molar-refractivity contribution < 1.29 is 57.7 Å². The van der Waals surface area contributed by atoms with Gasteiger partial charge in [-0.2, -0.15) is 0 Å². The van der Waals surface area contributed by atoms with Gasteiger partial charge in [0.25, 0.3) is 0 Å². The van der Waals surface area contributed by atoms with E-state index in [1.807, 2.05) is 0 Å². The molecule has 302 valence electrons. The monoisotopic (exact) mass is 886 g/mol. The van der Waals surface area contributed by atoms with Crippen LogP contribution in [-0.2, 0) is 20.4 Å². The van der Waals surface area contributed by atoms with Crippen LogP contribution in [0.3, 0.4) is 0 Å². The first-order chi connectivity index (χ1) is 26.5. The number of aryl methyl sites for hydroxylation is 9. The maximum absolute atomic E-state index is 3.07. The summed E-state index contributed by atoms with van der Waals surface area (Å²) in [5.41, 5.74) is 24.2. The largest absolute Gasteiger partial charge is 1.00 e. The van der Waals surface area contributed by atoms with E-state index in [1.165, 1.54) is 120 Å². The van der Waals surface area contributed by atoms with Gasteiger partial charge in [0.2, 0.25) is 0 Å². The van der Waals surface area contributed by atoms with E-state index >= 15 is 0 Å². The Morgan fingerprint density at radius 2 is 0.661 bits per heavy atom. The fourth-order valence-corrected chi connectivity index (χ4v) is 18.5. The molecule has 0 aromatic heterocycles. The van der Waals surface area contributed by atoms with Crippen molar-refractivity contribution in [1.29, 1.82) is 0 Å². The minimum Gasteiger partial charge on any atom is -1.00 e. The summed E-state index contributed by atoms with van der Waals surface area (Å²) in [4.78, 5) is 0. The molecule has 6 aromatic rings. The van der Waals surface area contributed by atoms with Gasteiger partial charge in [-0.05, 0) is 0 Å². The number of rotatable bonds is 7. The number of hydrogen-bond donors (Lipinski definition) is 0. The molecule has 0 spiro atoms. The number of allylic oxidation sites excluding steroid dienone is 4. The molecule has 1 aliphatic carbocycles. The quantitative estimate of drug-likeness (QED) is 0.169. The summed E-state index contributed by atoms with van der Waals surface area (Å²) < 4.78 is 1.49. The van der Waals surface area contributed by atoms with Crippen molar-refractivity contribution in [3.63, 3.8) is 0 Å². The molecule has 0 radical (unpaired) electrons. The number of hydrogen-bond acceptors (Lipinski definition) is 0. The van der Waals surface area contributed by atoms with Crippen molar-refractivity contribution in [3.05, 3.63) is 180 Å². The van der Waals surface area contributed by atoms with Crippen LogP contribution in [-0.4, -0.2) is 8.07 Å². The van der Waals surface area contributed by atoms with Crippen LogP contribution in [0.1, 0.15) is 77.8 Å². The molecule has 0 bridgehead atoms. The van der Waals surface area contributed by atoms with Crippen molar-refractivity contribution >= 4 is 23.6 Å². The molecule has 0 saturated carbocycles. The SMILES string of the molecule is CC1=C(C)C(C)([Si](c2cccc(-c3c(C)cc(C)cc3C)c2)(c2cccc(-c3c(C)cc(C)cc3C)c2)c2cccc(-c3c(C)cc(C)cc3C)c2)[C]([Ti+3])=C1C.[Cl-].[Cl-].[Cl-]. The van der Waals surface area contributed by atoms with Gasteiger partial charge in [-0.1, -0.05) is 0 Å². The van der Waals surface area contributed by atoms with Gasteiger partial charge >= 0.3 is 352 Å². The number of benzene rings is 6. The molecule has 1 aliphatic rings. The number of halogens is 3. The molecule has 6 aromatic carbocycles. The molecule has 0 heterocycles. The smallest absolute Gasteiger partial charge is 1.00 e. The zero-order chi connectivity index (χ0) is 40.4. The zero-order valence-electron chi connectivity index (χ0n) is 37.0. The first-order valence-electron chi connectivity index (χ1n) is 20.2. The molecule has 0 saturated heterocycles. The van der Waals surface area contributed by atoms with E-state index in [2.05, 4.69) is 220 Å². The fourth-order valence-electron chi connectivity index (χ4n) is 10.9. The summed E-state index contributed by atoms with van der Waals surface area (Å²) in [5, 5.41) is 4.09. The summed E-state index contributed by atoms with van der Waals surface area (Å²) in [7, 11) is -3.07. The Bertz CT molecular complexity index is 2310. The average Bonchev–Trinajstić information content (AvgIpc) is 3.27. The van der Waals surface area contributed by atoms with Crippen LogP contribution in [0, 0.1) is 62.3 Å². The molecule has 7 rings (SSSR count). The van der Waals surface area contributed by atoms with Gasteiger partial charge in [0.15, 0.2) is 0 Å². The maximum atomic E-state index is 2.60. The van der Waals surface area contributed by atoms with Crippen molar-refractivity contribution in [2.45, 2.75) is 95.0 Å². The van der Waals surface area contributed by atoms with E-state index in [9.17, 15) is 0 Å². The Hall–Kier alpha value is -3.40. The second kappa shape index (κ2) is 18.3. The molecule has 0 nitrogen and oxygen atoms in total.